The predicted octanol–water partition coefficient (Wildman–Crippen LogP) is 2.32. The van der Waals surface area contributed by atoms with Gasteiger partial charge in [0.2, 0.25) is 0 Å². The Labute approximate surface area is 64.9 Å². The predicted molar refractivity (Wildman–Crippen MR) is 42.5 cm³/mol. The minimum absolute atomic E-state index is 0.105. The molecule has 0 aromatic carbocycles. The summed E-state index contributed by atoms with van der Waals surface area (Å²) >= 11 is 1.52. The second kappa shape index (κ2) is 2.58. The highest BCUT2D eigenvalue weighted by Gasteiger charge is 2.11. The molecule has 0 fully saturated rings. The van der Waals surface area contributed by atoms with Crippen LogP contribution in [0.3, 0.4) is 0 Å². The molecule has 3 heteroatoms. The lowest BCUT2D eigenvalue weighted by Crippen LogP contribution is -2.22. The maximum Gasteiger partial charge on any atom is 0.194 e. The van der Waals surface area contributed by atoms with Crippen molar-refractivity contribution in [2.45, 2.75) is 26.4 Å². The molecular formula is C7H11NOS. The van der Waals surface area contributed by atoms with E-state index >= 15 is 0 Å². The molecule has 0 aliphatic rings. The van der Waals surface area contributed by atoms with Crippen LogP contribution < -0.4 is 4.74 Å². The van der Waals surface area contributed by atoms with E-state index in [1.54, 1.807) is 11.7 Å². The third-order valence-corrected chi connectivity index (χ3v) is 1.46. The summed E-state index contributed by atoms with van der Waals surface area (Å²) < 4.78 is 5.50. The maximum absolute atomic E-state index is 5.50. The fourth-order valence-corrected chi connectivity index (χ4v) is 1.20. The third-order valence-electron chi connectivity index (χ3n) is 0.816. The molecule has 2 nitrogen and oxygen atoms in total. The first-order valence-electron chi connectivity index (χ1n) is 3.15. The molecule has 1 heterocycles. The third kappa shape index (κ3) is 2.35. The van der Waals surface area contributed by atoms with Gasteiger partial charge in [0.05, 0.1) is 11.7 Å². The lowest BCUT2D eigenvalue weighted by atomic mass is 10.2. The van der Waals surface area contributed by atoms with Crippen molar-refractivity contribution in [1.82, 2.24) is 4.98 Å². The Hall–Kier alpha value is -0.570. The minimum atomic E-state index is -0.105. The average molecular weight is 157 g/mol. The van der Waals surface area contributed by atoms with Crippen LogP contribution in [-0.4, -0.2) is 10.6 Å². The van der Waals surface area contributed by atoms with Gasteiger partial charge in [-0.3, -0.25) is 0 Å². The van der Waals surface area contributed by atoms with Gasteiger partial charge in [-0.05, 0) is 20.8 Å². The molecule has 0 aliphatic heterocycles. The molecule has 1 rings (SSSR count). The maximum atomic E-state index is 5.50. The first kappa shape index (κ1) is 7.54. The van der Waals surface area contributed by atoms with Crippen LogP contribution in [0, 0.1) is 0 Å². The van der Waals surface area contributed by atoms with Crippen LogP contribution >= 0.6 is 11.3 Å². The molecule has 0 radical (unpaired) electrons. The molecule has 0 spiro atoms. The van der Waals surface area contributed by atoms with Crippen LogP contribution in [-0.2, 0) is 0 Å². The average Bonchev–Trinajstić information content (AvgIpc) is 2.12. The number of aromatic nitrogens is 1. The van der Waals surface area contributed by atoms with E-state index < -0.39 is 0 Å². The molecule has 1 aromatic rings. The standard InChI is InChI=1S/C7H11NOS/c1-7(2,3)9-6-4-8-5-10-6/h4-5H,1-3H3. The van der Waals surface area contributed by atoms with Gasteiger partial charge in [-0.25, -0.2) is 4.98 Å². The van der Waals surface area contributed by atoms with E-state index in [-0.39, 0.29) is 5.60 Å². The van der Waals surface area contributed by atoms with Crippen molar-refractivity contribution >= 4 is 11.3 Å². The molecule has 1 aromatic heterocycles. The van der Waals surface area contributed by atoms with Crippen molar-refractivity contribution < 1.29 is 4.74 Å². The molecule has 0 saturated heterocycles. The number of rotatable bonds is 1. The zero-order valence-corrected chi connectivity index (χ0v) is 7.23. The Bertz CT molecular complexity index is 188. The fraction of sp³-hybridized carbons (Fsp3) is 0.571. The topological polar surface area (TPSA) is 22.1 Å². The van der Waals surface area contributed by atoms with Gasteiger partial charge < -0.3 is 4.74 Å². The smallest absolute Gasteiger partial charge is 0.194 e. The molecule has 0 atom stereocenters. The van der Waals surface area contributed by atoms with Crippen LogP contribution in [0.1, 0.15) is 20.8 Å². The minimum Gasteiger partial charge on any atom is -0.477 e. The molecule has 0 bridgehead atoms. The lowest BCUT2D eigenvalue weighted by molar-refractivity contribution is 0.136. The van der Waals surface area contributed by atoms with Crippen molar-refractivity contribution in [1.29, 1.82) is 0 Å². The Morgan fingerprint density at radius 1 is 1.50 bits per heavy atom. The zero-order chi connectivity index (χ0) is 7.61. The Morgan fingerprint density at radius 2 is 2.20 bits per heavy atom. The molecular weight excluding hydrogens is 146 g/mol. The molecule has 0 N–H and O–H groups in total. The first-order chi connectivity index (χ1) is 4.58. The Morgan fingerprint density at radius 3 is 2.60 bits per heavy atom. The number of hydrogen-bond donors (Lipinski definition) is 0. The highest BCUT2D eigenvalue weighted by molar-refractivity contribution is 7.11. The highest BCUT2D eigenvalue weighted by Crippen LogP contribution is 2.21. The van der Waals surface area contributed by atoms with Crippen molar-refractivity contribution in [3.8, 4) is 5.06 Å². The molecule has 0 amide bonds. The summed E-state index contributed by atoms with van der Waals surface area (Å²) in [5, 5.41) is 0.882. The number of ether oxygens (including phenoxy) is 1. The van der Waals surface area contributed by atoms with Gasteiger partial charge in [0.1, 0.15) is 5.60 Å². The van der Waals surface area contributed by atoms with Crippen LogP contribution in [0.2, 0.25) is 0 Å². The van der Waals surface area contributed by atoms with Crippen LogP contribution in [0.15, 0.2) is 11.7 Å². The molecule has 56 valence electrons. The van der Waals surface area contributed by atoms with Crippen molar-refractivity contribution in [2.24, 2.45) is 0 Å². The summed E-state index contributed by atoms with van der Waals surface area (Å²) in [7, 11) is 0. The number of nitrogens with zero attached hydrogens (tertiary/aromatic N) is 1. The van der Waals surface area contributed by atoms with Crippen molar-refractivity contribution in [2.75, 3.05) is 0 Å². The van der Waals surface area contributed by atoms with Gasteiger partial charge in [0, 0.05) is 0 Å². The van der Waals surface area contributed by atoms with Gasteiger partial charge in [-0.15, -0.1) is 0 Å². The van der Waals surface area contributed by atoms with Gasteiger partial charge in [0.15, 0.2) is 5.06 Å². The largest absolute Gasteiger partial charge is 0.477 e. The summed E-state index contributed by atoms with van der Waals surface area (Å²) in [6, 6.07) is 0. The zero-order valence-electron chi connectivity index (χ0n) is 6.42. The van der Waals surface area contributed by atoms with E-state index in [1.807, 2.05) is 20.8 Å². The normalized spacial score (nSPS) is 11.5. The van der Waals surface area contributed by atoms with Crippen LogP contribution in [0.25, 0.3) is 0 Å². The van der Waals surface area contributed by atoms with E-state index in [2.05, 4.69) is 4.98 Å². The highest BCUT2D eigenvalue weighted by atomic mass is 32.1. The van der Waals surface area contributed by atoms with E-state index in [4.69, 9.17) is 4.74 Å². The summed E-state index contributed by atoms with van der Waals surface area (Å²) in [4.78, 5) is 3.90. The Balaban J connectivity index is 2.57. The van der Waals surface area contributed by atoms with Gasteiger partial charge in [-0.2, -0.15) is 0 Å². The quantitative estimate of drug-likeness (QED) is 0.624. The van der Waals surface area contributed by atoms with Crippen molar-refractivity contribution in [3.05, 3.63) is 11.7 Å². The molecule has 0 saturated carbocycles. The van der Waals surface area contributed by atoms with E-state index in [9.17, 15) is 0 Å². The van der Waals surface area contributed by atoms with E-state index in [1.165, 1.54) is 11.3 Å². The van der Waals surface area contributed by atoms with Crippen LogP contribution in [0.5, 0.6) is 5.06 Å². The van der Waals surface area contributed by atoms with Gasteiger partial charge in [0.25, 0.3) is 0 Å². The van der Waals surface area contributed by atoms with E-state index in [0.29, 0.717) is 0 Å². The second-order valence-electron chi connectivity index (χ2n) is 3.03. The van der Waals surface area contributed by atoms with Gasteiger partial charge in [-0.1, -0.05) is 11.3 Å². The molecule has 10 heavy (non-hydrogen) atoms. The second-order valence-corrected chi connectivity index (χ2v) is 3.88. The van der Waals surface area contributed by atoms with Gasteiger partial charge >= 0.3 is 0 Å². The summed E-state index contributed by atoms with van der Waals surface area (Å²) in [5.41, 5.74) is 1.66. The lowest BCUT2D eigenvalue weighted by Gasteiger charge is -2.18. The summed E-state index contributed by atoms with van der Waals surface area (Å²) in [5.74, 6) is 0. The molecule has 0 aliphatic carbocycles. The SMILES string of the molecule is CC(C)(C)Oc1cncs1. The summed E-state index contributed by atoms with van der Waals surface area (Å²) in [6.07, 6.45) is 1.73. The Kier molecular flexibility index (Phi) is 1.94. The first-order valence-corrected chi connectivity index (χ1v) is 4.03. The van der Waals surface area contributed by atoms with E-state index in [0.717, 1.165) is 5.06 Å². The fourth-order valence-electron chi connectivity index (χ4n) is 0.556. The number of hydrogen-bond acceptors (Lipinski definition) is 3. The van der Waals surface area contributed by atoms with Crippen molar-refractivity contribution in [3.63, 3.8) is 0 Å². The monoisotopic (exact) mass is 157 g/mol. The molecule has 0 unspecified atom stereocenters. The summed E-state index contributed by atoms with van der Waals surface area (Å²) in [6.45, 7) is 6.06. The van der Waals surface area contributed by atoms with Crippen LogP contribution in [0.4, 0.5) is 0 Å². The number of thiazole rings is 1.